The van der Waals surface area contributed by atoms with Crippen molar-refractivity contribution in [1.29, 1.82) is 0 Å². The number of carbonyl (C=O) groups is 1. The van der Waals surface area contributed by atoms with E-state index in [4.69, 9.17) is 9.47 Å². The van der Waals surface area contributed by atoms with Crippen molar-refractivity contribution in [2.45, 2.75) is 24.9 Å². The van der Waals surface area contributed by atoms with E-state index in [-0.39, 0.29) is 24.8 Å². The molecule has 7 nitrogen and oxygen atoms in total. The summed E-state index contributed by atoms with van der Waals surface area (Å²) >= 11 is 0. The van der Waals surface area contributed by atoms with Gasteiger partial charge >= 0.3 is 6.03 Å². The molecule has 0 atom stereocenters. The SMILES string of the molecule is Cc1ccc(S(=O)(=O)NC(=O)N(Cc2ccccc2)Cc2ccc3c(c2)OCO3)cc1. The number of amides is 2. The highest BCUT2D eigenvalue weighted by Gasteiger charge is 2.23. The Balaban J connectivity index is 1.57. The van der Waals surface area contributed by atoms with Crippen molar-refractivity contribution in [3.05, 3.63) is 89.5 Å². The monoisotopic (exact) mass is 438 g/mol. The molecule has 8 heteroatoms. The Hall–Kier alpha value is -3.52. The van der Waals surface area contributed by atoms with Crippen molar-refractivity contribution in [3.8, 4) is 11.5 Å². The Morgan fingerprint density at radius 3 is 2.32 bits per heavy atom. The standard InChI is InChI=1S/C23H22N2O5S/c1-17-7-10-20(11-8-17)31(27,28)24-23(26)25(14-18-5-3-2-4-6-18)15-19-9-12-21-22(13-19)30-16-29-21/h2-13H,14-16H2,1H3,(H,24,26). The van der Waals surface area contributed by atoms with Gasteiger partial charge < -0.3 is 14.4 Å². The second-order valence-electron chi connectivity index (χ2n) is 7.25. The third kappa shape index (κ3) is 4.97. The third-order valence-corrected chi connectivity index (χ3v) is 6.20. The van der Waals surface area contributed by atoms with Crippen LogP contribution in [0.2, 0.25) is 0 Å². The van der Waals surface area contributed by atoms with Gasteiger partial charge in [-0.2, -0.15) is 0 Å². The molecule has 4 rings (SSSR count). The molecule has 0 aliphatic carbocycles. The number of carbonyl (C=O) groups excluding carboxylic acids is 1. The lowest BCUT2D eigenvalue weighted by Gasteiger charge is -2.23. The second kappa shape index (κ2) is 8.69. The molecule has 3 aromatic rings. The van der Waals surface area contributed by atoms with Gasteiger partial charge in [-0.15, -0.1) is 0 Å². The molecule has 0 saturated carbocycles. The number of ether oxygens (including phenoxy) is 2. The molecule has 1 N–H and O–H groups in total. The predicted molar refractivity (Wildman–Crippen MR) is 115 cm³/mol. The summed E-state index contributed by atoms with van der Waals surface area (Å²) in [5.41, 5.74) is 2.60. The van der Waals surface area contributed by atoms with E-state index in [9.17, 15) is 13.2 Å². The van der Waals surface area contributed by atoms with Crippen molar-refractivity contribution < 1.29 is 22.7 Å². The van der Waals surface area contributed by atoms with E-state index in [2.05, 4.69) is 4.72 Å². The van der Waals surface area contributed by atoms with E-state index in [0.717, 1.165) is 16.7 Å². The molecule has 0 saturated heterocycles. The summed E-state index contributed by atoms with van der Waals surface area (Å²) < 4.78 is 38.4. The molecule has 0 spiro atoms. The summed E-state index contributed by atoms with van der Waals surface area (Å²) in [7, 11) is -4.00. The summed E-state index contributed by atoms with van der Waals surface area (Å²) in [6.45, 7) is 2.45. The first-order chi connectivity index (χ1) is 14.9. The fourth-order valence-corrected chi connectivity index (χ4v) is 4.19. The maximum absolute atomic E-state index is 13.0. The summed E-state index contributed by atoms with van der Waals surface area (Å²) in [5, 5.41) is 0. The van der Waals surface area contributed by atoms with Gasteiger partial charge in [0.25, 0.3) is 10.0 Å². The number of nitrogens with one attached hydrogen (secondary N) is 1. The molecule has 1 aliphatic heterocycles. The summed E-state index contributed by atoms with van der Waals surface area (Å²) in [6.07, 6.45) is 0. The molecular weight excluding hydrogens is 416 g/mol. The molecule has 0 radical (unpaired) electrons. The minimum absolute atomic E-state index is 0.0363. The number of benzene rings is 3. The molecule has 2 amide bonds. The summed E-state index contributed by atoms with van der Waals surface area (Å²) in [6, 6.07) is 20.4. The van der Waals surface area contributed by atoms with Crippen molar-refractivity contribution in [2.75, 3.05) is 6.79 Å². The van der Waals surface area contributed by atoms with Crippen LogP contribution < -0.4 is 14.2 Å². The van der Waals surface area contributed by atoms with Gasteiger partial charge in [0.15, 0.2) is 11.5 Å². The van der Waals surface area contributed by atoms with Crippen LogP contribution >= 0.6 is 0 Å². The molecule has 1 heterocycles. The topological polar surface area (TPSA) is 84.9 Å². The summed E-state index contributed by atoms with van der Waals surface area (Å²) in [4.78, 5) is 14.5. The molecule has 0 unspecified atom stereocenters. The minimum Gasteiger partial charge on any atom is -0.454 e. The molecule has 0 bridgehead atoms. The van der Waals surface area contributed by atoms with Crippen molar-refractivity contribution in [1.82, 2.24) is 9.62 Å². The van der Waals surface area contributed by atoms with Gasteiger partial charge in [-0.05, 0) is 42.3 Å². The van der Waals surface area contributed by atoms with Crippen LogP contribution in [-0.4, -0.2) is 26.1 Å². The van der Waals surface area contributed by atoms with Gasteiger partial charge in [0, 0.05) is 13.1 Å². The molecule has 3 aromatic carbocycles. The van der Waals surface area contributed by atoms with Gasteiger partial charge in [-0.25, -0.2) is 17.9 Å². The van der Waals surface area contributed by atoms with Crippen LogP contribution in [0.3, 0.4) is 0 Å². The highest BCUT2D eigenvalue weighted by atomic mass is 32.2. The Labute approximate surface area is 181 Å². The Kier molecular flexibility index (Phi) is 5.81. The van der Waals surface area contributed by atoms with Gasteiger partial charge in [0.05, 0.1) is 4.90 Å². The number of urea groups is 1. The van der Waals surface area contributed by atoms with Crippen LogP contribution in [0.5, 0.6) is 11.5 Å². The lowest BCUT2D eigenvalue weighted by Crippen LogP contribution is -2.42. The van der Waals surface area contributed by atoms with Crippen LogP contribution in [0.15, 0.2) is 77.7 Å². The number of nitrogens with zero attached hydrogens (tertiary/aromatic N) is 1. The Morgan fingerprint density at radius 2 is 1.58 bits per heavy atom. The molecule has 160 valence electrons. The van der Waals surface area contributed by atoms with Crippen LogP contribution in [0.1, 0.15) is 16.7 Å². The lowest BCUT2D eigenvalue weighted by molar-refractivity contribution is 0.173. The van der Waals surface area contributed by atoms with Crippen molar-refractivity contribution in [2.24, 2.45) is 0 Å². The number of hydrogen-bond donors (Lipinski definition) is 1. The number of hydrogen-bond acceptors (Lipinski definition) is 5. The number of rotatable bonds is 6. The molecule has 31 heavy (non-hydrogen) atoms. The van der Waals surface area contributed by atoms with E-state index >= 15 is 0 Å². The first-order valence-electron chi connectivity index (χ1n) is 9.71. The Bertz CT molecular complexity index is 1180. The maximum Gasteiger partial charge on any atom is 0.331 e. The van der Waals surface area contributed by atoms with E-state index in [1.54, 1.807) is 24.3 Å². The number of sulfonamides is 1. The van der Waals surface area contributed by atoms with E-state index in [1.165, 1.54) is 17.0 Å². The fourth-order valence-electron chi connectivity index (χ4n) is 3.22. The zero-order chi connectivity index (χ0) is 21.8. The Morgan fingerprint density at radius 1 is 0.903 bits per heavy atom. The third-order valence-electron chi connectivity index (χ3n) is 4.87. The smallest absolute Gasteiger partial charge is 0.331 e. The van der Waals surface area contributed by atoms with E-state index < -0.39 is 16.1 Å². The number of aryl methyl sites for hydroxylation is 1. The average molecular weight is 439 g/mol. The van der Waals surface area contributed by atoms with Crippen LogP contribution in [0.4, 0.5) is 4.79 Å². The van der Waals surface area contributed by atoms with Crippen molar-refractivity contribution in [3.63, 3.8) is 0 Å². The largest absolute Gasteiger partial charge is 0.454 e. The quantitative estimate of drug-likeness (QED) is 0.632. The van der Waals surface area contributed by atoms with E-state index in [1.807, 2.05) is 43.3 Å². The fraction of sp³-hybridized carbons (Fsp3) is 0.174. The number of fused-ring (bicyclic) bond motifs is 1. The normalized spacial score (nSPS) is 12.4. The van der Waals surface area contributed by atoms with Crippen LogP contribution in [0, 0.1) is 6.92 Å². The second-order valence-corrected chi connectivity index (χ2v) is 8.94. The molecular formula is C23H22N2O5S. The average Bonchev–Trinajstić information content (AvgIpc) is 3.22. The van der Waals surface area contributed by atoms with Crippen molar-refractivity contribution >= 4 is 16.1 Å². The van der Waals surface area contributed by atoms with Crippen LogP contribution in [0.25, 0.3) is 0 Å². The zero-order valence-corrected chi connectivity index (χ0v) is 17.8. The molecule has 1 aliphatic rings. The van der Waals surface area contributed by atoms with Gasteiger partial charge in [-0.3, -0.25) is 0 Å². The zero-order valence-electron chi connectivity index (χ0n) is 16.9. The van der Waals surface area contributed by atoms with Crippen LogP contribution in [-0.2, 0) is 23.1 Å². The highest BCUT2D eigenvalue weighted by molar-refractivity contribution is 7.90. The first-order valence-corrected chi connectivity index (χ1v) is 11.2. The van der Waals surface area contributed by atoms with Gasteiger partial charge in [0.1, 0.15) is 0 Å². The highest BCUT2D eigenvalue weighted by Crippen LogP contribution is 2.33. The van der Waals surface area contributed by atoms with E-state index in [0.29, 0.717) is 11.5 Å². The molecule has 0 fully saturated rings. The van der Waals surface area contributed by atoms with Gasteiger partial charge in [0.2, 0.25) is 6.79 Å². The van der Waals surface area contributed by atoms with Gasteiger partial charge in [-0.1, -0.05) is 54.1 Å². The maximum atomic E-state index is 13.0. The minimum atomic E-state index is -4.00. The predicted octanol–water partition coefficient (Wildman–Crippen LogP) is 3.82. The summed E-state index contributed by atoms with van der Waals surface area (Å²) in [5.74, 6) is 1.25. The molecule has 0 aromatic heterocycles. The lowest BCUT2D eigenvalue weighted by atomic mass is 10.1. The first kappa shape index (κ1) is 20.7.